The second-order valence-corrected chi connectivity index (χ2v) is 7.29. The second-order valence-electron chi connectivity index (χ2n) is 6.91. The zero-order valence-corrected chi connectivity index (χ0v) is 18.3. The molecule has 0 spiro atoms. The average molecular weight is 489 g/mol. The Bertz CT molecular complexity index is 1370. The van der Waals surface area contributed by atoms with E-state index in [1.54, 1.807) is 6.92 Å². The van der Waals surface area contributed by atoms with Crippen molar-refractivity contribution in [1.29, 1.82) is 0 Å². The summed E-state index contributed by atoms with van der Waals surface area (Å²) in [6, 6.07) is 5.69. The Balaban J connectivity index is 1.60. The minimum atomic E-state index is -1.09. The predicted molar refractivity (Wildman–Crippen MR) is 119 cm³/mol. The van der Waals surface area contributed by atoms with Gasteiger partial charge >= 0.3 is 0 Å². The van der Waals surface area contributed by atoms with E-state index in [1.807, 2.05) is 0 Å². The Morgan fingerprint density at radius 3 is 2.56 bits per heavy atom. The molecule has 3 N–H and O–H groups in total. The maximum atomic E-state index is 14.6. The number of ether oxygens (including phenoxy) is 1. The van der Waals surface area contributed by atoms with Crippen LogP contribution in [0.3, 0.4) is 0 Å². The van der Waals surface area contributed by atoms with Gasteiger partial charge in [-0.05, 0) is 18.6 Å². The molecule has 0 aliphatic rings. The Hall–Kier alpha value is -4.12. The molecule has 0 saturated heterocycles. The largest absolute Gasteiger partial charge is 0.449 e. The van der Waals surface area contributed by atoms with Crippen molar-refractivity contribution in [2.45, 2.75) is 13.3 Å². The molecule has 3 heterocycles. The third kappa shape index (κ3) is 4.37. The van der Waals surface area contributed by atoms with Crippen LogP contribution in [-0.2, 0) is 6.42 Å². The molecule has 0 atom stereocenters. The van der Waals surface area contributed by atoms with Gasteiger partial charge in [-0.2, -0.15) is 5.10 Å². The van der Waals surface area contributed by atoms with Crippen molar-refractivity contribution in [3.63, 3.8) is 0 Å². The summed E-state index contributed by atoms with van der Waals surface area (Å²) in [4.78, 5) is 20.5. The molecule has 34 heavy (non-hydrogen) atoms. The van der Waals surface area contributed by atoms with Gasteiger partial charge in [-0.25, -0.2) is 27.8 Å². The number of nitrogens with two attached hydrogens (primary N) is 1. The number of hydrogen-bond donors (Lipinski definition) is 2. The van der Waals surface area contributed by atoms with Gasteiger partial charge in [0.2, 0.25) is 0 Å². The van der Waals surface area contributed by atoms with Crippen LogP contribution in [0.4, 0.5) is 24.7 Å². The van der Waals surface area contributed by atoms with Crippen LogP contribution in [-0.4, -0.2) is 25.7 Å². The number of halogens is 4. The zero-order valence-electron chi connectivity index (χ0n) is 17.5. The molecule has 0 radical (unpaired) electrons. The molecule has 4 aromatic rings. The van der Waals surface area contributed by atoms with E-state index in [0.717, 1.165) is 12.1 Å². The molecule has 174 valence electrons. The minimum Gasteiger partial charge on any atom is -0.449 e. The summed E-state index contributed by atoms with van der Waals surface area (Å²) in [5.41, 5.74) is 5.84. The van der Waals surface area contributed by atoms with Crippen LogP contribution in [0.2, 0.25) is 5.02 Å². The van der Waals surface area contributed by atoms with E-state index in [2.05, 4.69) is 20.4 Å². The highest BCUT2D eigenvalue weighted by molar-refractivity contribution is 6.34. The lowest BCUT2D eigenvalue weighted by Gasteiger charge is -2.12. The lowest BCUT2D eigenvalue weighted by atomic mass is 10.2. The maximum absolute atomic E-state index is 14.6. The summed E-state index contributed by atoms with van der Waals surface area (Å²) >= 11 is 5.95. The molecule has 0 aliphatic carbocycles. The molecule has 0 bridgehead atoms. The number of aromatic nitrogens is 4. The van der Waals surface area contributed by atoms with Crippen LogP contribution in [0.5, 0.6) is 11.5 Å². The van der Waals surface area contributed by atoms with Crippen molar-refractivity contribution in [1.82, 2.24) is 19.7 Å². The van der Waals surface area contributed by atoms with Crippen LogP contribution in [0, 0.1) is 17.5 Å². The van der Waals surface area contributed by atoms with Crippen molar-refractivity contribution < 1.29 is 22.7 Å². The number of anilines is 2. The van der Waals surface area contributed by atoms with Gasteiger partial charge in [-0.3, -0.25) is 4.79 Å². The highest BCUT2D eigenvalue weighted by Gasteiger charge is 2.21. The third-order valence-corrected chi connectivity index (χ3v) is 5.12. The number of nitrogens with zero attached hydrogens (tertiary/aromatic N) is 4. The number of amides is 1. The van der Waals surface area contributed by atoms with Crippen molar-refractivity contribution in [3.8, 4) is 17.3 Å². The van der Waals surface area contributed by atoms with Gasteiger partial charge in [0.15, 0.2) is 34.8 Å². The van der Waals surface area contributed by atoms with Gasteiger partial charge in [-0.1, -0.05) is 18.5 Å². The Morgan fingerprint density at radius 1 is 1.15 bits per heavy atom. The highest BCUT2D eigenvalue weighted by Crippen LogP contribution is 2.35. The lowest BCUT2D eigenvalue weighted by molar-refractivity contribution is 0.102. The quantitative estimate of drug-likeness (QED) is 0.399. The van der Waals surface area contributed by atoms with Crippen molar-refractivity contribution in [3.05, 3.63) is 82.7 Å². The molecular formula is C22H16ClF3N6O2. The molecule has 0 fully saturated rings. The first-order valence-corrected chi connectivity index (χ1v) is 10.2. The van der Waals surface area contributed by atoms with Crippen LogP contribution in [0.1, 0.15) is 23.0 Å². The summed E-state index contributed by atoms with van der Waals surface area (Å²) in [6.45, 7) is 1.74. The van der Waals surface area contributed by atoms with Gasteiger partial charge in [0, 0.05) is 36.3 Å². The lowest BCUT2D eigenvalue weighted by Crippen LogP contribution is -2.15. The summed E-state index contributed by atoms with van der Waals surface area (Å²) < 4.78 is 49.8. The van der Waals surface area contributed by atoms with E-state index in [-0.39, 0.29) is 33.7 Å². The number of pyridine rings is 2. The van der Waals surface area contributed by atoms with E-state index in [1.165, 1.54) is 41.5 Å². The molecule has 1 aromatic carbocycles. The number of nitrogen functional groups attached to an aromatic ring is 1. The molecule has 8 nitrogen and oxygen atoms in total. The second kappa shape index (κ2) is 9.40. The first-order valence-electron chi connectivity index (χ1n) is 9.86. The fourth-order valence-corrected chi connectivity index (χ4v) is 3.33. The Labute approximate surface area is 196 Å². The molecule has 12 heteroatoms. The van der Waals surface area contributed by atoms with Gasteiger partial charge in [-0.15, -0.1) is 0 Å². The normalized spacial score (nSPS) is 10.9. The predicted octanol–water partition coefficient (Wildman–Crippen LogP) is 4.92. The van der Waals surface area contributed by atoms with Crippen molar-refractivity contribution in [2.24, 2.45) is 0 Å². The molecule has 4 rings (SSSR count). The fourth-order valence-electron chi connectivity index (χ4n) is 3.18. The third-order valence-electron chi connectivity index (χ3n) is 4.74. The Morgan fingerprint density at radius 2 is 1.88 bits per heavy atom. The summed E-state index contributed by atoms with van der Waals surface area (Å²) in [6.07, 6.45) is 4.19. The van der Waals surface area contributed by atoms with Crippen LogP contribution < -0.4 is 15.8 Å². The number of carbonyl (C=O) groups excluding carboxylic acids is 1. The molecule has 3 aromatic heterocycles. The topological polar surface area (TPSA) is 108 Å². The summed E-state index contributed by atoms with van der Waals surface area (Å²) in [5.74, 6) is -4.48. The molecule has 1 amide bonds. The minimum absolute atomic E-state index is 0.0678. The molecule has 0 aliphatic heterocycles. The SMILES string of the molecule is CCc1c(C(=O)Nc2cc(F)c(Oc3ccnc(N)c3Cl)c(F)c2)cnn1-c1ncccc1F. The number of rotatable bonds is 6. The fraction of sp³-hybridized carbons (Fsp3) is 0.0909. The Kier molecular flexibility index (Phi) is 6.37. The smallest absolute Gasteiger partial charge is 0.259 e. The van der Waals surface area contributed by atoms with E-state index in [9.17, 15) is 18.0 Å². The highest BCUT2D eigenvalue weighted by atomic mass is 35.5. The van der Waals surface area contributed by atoms with E-state index in [4.69, 9.17) is 22.1 Å². The molecule has 0 saturated carbocycles. The van der Waals surface area contributed by atoms with E-state index in [0.29, 0.717) is 12.1 Å². The average Bonchev–Trinajstić information content (AvgIpc) is 3.23. The first-order chi connectivity index (χ1) is 16.3. The van der Waals surface area contributed by atoms with Gasteiger partial charge in [0.1, 0.15) is 10.8 Å². The maximum Gasteiger partial charge on any atom is 0.259 e. The van der Waals surface area contributed by atoms with Crippen LogP contribution in [0.25, 0.3) is 5.82 Å². The number of benzene rings is 1. The van der Waals surface area contributed by atoms with Crippen LogP contribution in [0.15, 0.2) is 48.9 Å². The van der Waals surface area contributed by atoms with Gasteiger partial charge in [0.05, 0.1) is 17.5 Å². The zero-order chi connectivity index (χ0) is 24.4. The van der Waals surface area contributed by atoms with Crippen molar-refractivity contribution >= 4 is 29.0 Å². The number of hydrogen-bond acceptors (Lipinski definition) is 6. The van der Waals surface area contributed by atoms with Gasteiger partial charge < -0.3 is 15.8 Å². The molecule has 0 unspecified atom stereocenters. The van der Waals surface area contributed by atoms with Gasteiger partial charge in [0.25, 0.3) is 5.91 Å². The number of carbonyl (C=O) groups is 1. The standard InChI is InChI=1S/C22H16ClF3N6O2/c1-2-16-12(10-30-32(16)21-13(24)4-3-6-29-21)22(33)31-11-8-14(25)19(15(26)9-11)34-17-5-7-28-20(27)18(17)23/h3-10H,2H2,1H3,(H2,27,28)(H,31,33). The monoisotopic (exact) mass is 488 g/mol. The summed E-state index contributed by atoms with van der Waals surface area (Å²) in [5, 5.41) is 6.35. The molecular weight excluding hydrogens is 473 g/mol. The van der Waals surface area contributed by atoms with E-state index >= 15 is 0 Å². The summed E-state index contributed by atoms with van der Waals surface area (Å²) in [7, 11) is 0. The van der Waals surface area contributed by atoms with E-state index < -0.39 is 29.1 Å². The number of nitrogens with one attached hydrogen (secondary N) is 1. The first kappa shape index (κ1) is 23.1. The van der Waals surface area contributed by atoms with Crippen molar-refractivity contribution in [2.75, 3.05) is 11.1 Å². The van der Waals surface area contributed by atoms with Crippen LogP contribution >= 0.6 is 11.6 Å².